The van der Waals surface area contributed by atoms with E-state index in [0.29, 0.717) is 11.4 Å². The van der Waals surface area contributed by atoms with Gasteiger partial charge >= 0.3 is 0 Å². The molecule has 1 aliphatic rings. The van der Waals surface area contributed by atoms with Crippen molar-refractivity contribution >= 4 is 31.7 Å². The number of aromatic nitrogens is 4. The van der Waals surface area contributed by atoms with Crippen LogP contribution < -0.4 is 9.44 Å². The van der Waals surface area contributed by atoms with Crippen LogP contribution in [0.1, 0.15) is 63.9 Å². The Kier molecular flexibility index (Phi) is 6.62. The van der Waals surface area contributed by atoms with E-state index in [2.05, 4.69) is 24.5 Å². The summed E-state index contributed by atoms with van der Waals surface area (Å²) in [7, 11) is -7.90. The largest absolute Gasteiger partial charge is 0.280 e. The van der Waals surface area contributed by atoms with Gasteiger partial charge in [0, 0.05) is 29.2 Å². The van der Waals surface area contributed by atoms with Crippen molar-refractivity contribution in [1.82, 2.24) is 19.7 Å². The Morgan fingerprint density at radius 1 is 0.943 bits per heavy atom. The van der Waals surface area contributed by atoms with Crippen LogP contribution in [0.3, 0.4) is 0 Å². The van der Waals surface area contributed by atoms with Gasteiger partial charge in [-0.3, -0.25) is 9.40 Å². The summed E-state index contributed by atoms with van der Waals surface area (Å²) in [4.78, 5) is 8.03. The van der Waals surface area contributed by atoms with Crippen LogP contribution in [0, 0.1) is 6.92 Å². The molecule has 35 heavy (non-hydrogen) atoms. The van der Waals surface area contributed by atoms with Gasteiger partial charge in [0.1, 0.15) is 4.90 Å². The molecule has 2 N–H and O–H groups in total. The molecule has 0 aliphatic heterocycles. The van der Waals surface area contributed by atoms with Gasteiger partial charge in [0.15, 0.2) is 0 Å². The van der Waals surface area contributed by atoms with E-state index in [1.807, 2.05) is 20.8 Å². The zero-order chi connectivity index (χ0) is 25.4. The Morgan fingerprint density at radius 2 is 1.60 bits per heavy atom. The summed E-state index contributed by atoms with van der Waals surface area (Å²) < 4.78 is 58.7. The number of hydrogen-bond acceptors (Lipinski definition) is 7. The number of benzene rings is 1. The van der Waals surface area contributed by atoms with Crippen LogP contribution in [-0.4, -0.2) is 36.6 Å². The van der Waals surface area contributed by atoms with E-state index in [-0.39, 0.29) is 27.5 Å². The minimum atomic E-state index is -3.96. The monoisotopic (exact) mass is 518 g/mol. The van der Waals surface area contributed by atoms with E-state index in [0.717, 1.165) is 25.7 Å². The van der Waals surface area contributed by atoms with Crippen molar-refractivity contribution in [2.45, 2.75) is 74.6 Å². The van der Waals surface area contributed by atoms with Gasteiger partial charge in [0.2, 0.25) is 5.95 Å². The standard InChI is InChI=1S/C23H30N6O4S2/c1-16-13-14-24-22(25-16)28-34(30,31)19-11-9-17(10-12-19)27-35(32,33)20-15-29(18-7-5-6-8-18)26-21(20)23(2,3)4/h9-15,18,27H,5-8H2,1-4H3,(H,24,25,28). The maximum atomic E-state index is 13.3. The molecule has 12 heteroatoms. The molecule has 0 radical (unpaired) electrons. The van der Waals surface area contributed by atoms with E-state index in [1.165, 1.54) is 30.5 Å². The predicted molar refractivity (Wildman–Crippen MR) is 133 cm³/mol. The van der Waals surface area contributed by atoms with Crippen LogP contribution in [0.25, 0.3) is 0 Å². The van der Waals surface area contributed by atoms with Gasteiger partial charge in [0.25, 0.3) is 20.0 Å². The fourth-order valence-corrected chi connectivity index (χ4v) is 6.39. The van der Waals surface area contributed by atoms with Crippen molar-refractivity contribution in [3.8, 4) is 0 Å². The molecule has 2 heterocycles. The number of hydrogen-bond donors (Lipinski definition) is 2. The van der Waals surface area contributed by atoms with E-state index in [4.69, 9.17) is 0 Å². The molecule has 0 atom stereocenters. The van der Waals surface area contributed by atoms with Gasteiger partial charge in [-0.25, -0.2) is 31.5 Å². The number of rotatable bonds is 7. The third-order valence-corrected chi connectivity index (χ3v) is 8.56. The number of nitrogens with one attached hydrogen (secondary N) is 2. The molecule has 1 aromatic carbocycles. The second-order valence-corrected chi connectivity index (χ2v) is 13.1. The van der Waals surface area contributed by atoms with E-state index in [9.17, 15) is 16.8 Å². The minimum absolute atomic E-state index is 0.0382. The average molecular weight is 519 g/mol. The van der Waals surface area contributed by atoms with Gasteiger partial charge in [-0.1, -0.05) is 33.6 Å². The maximum Gasteiger partial charge on any atom is 0.265 e. The zero-order valence-electron chi connectivity index (χ0n) is 20.2. The van der Waals surface area contributed by atoms with Gasteiger partial charge in [0.05, 0.1) is 16.6 Å². The van der Waals surface area contributed by atoms with Gasteiger partial charge in [-0.05, 0) is 50.1 Å². The molecule has 0 bridgehead atoms. The highest BCUT2D eigenvalue weighted by Gasteiger charge is 2.32. The Bertz CT molecular complexity index is 1420. The third-order valence-electron chi connectivity index (χ3n) is 5.83. The minimum Gasteiger partial charge on any atom is -0.280 e. The topological polar surface area (TPSA) is 136 Å². The first-order valence-corrected chi connectivity index (χ1v) is 14.4. The van der Waals surface area contributed by atoms with Crippen molar-refractivity contribution in [3.05, 3.63) is 54.1 Å². The maximum absolute atomic E-state index is 13.3. The molecule has 10 nitrogen and oxygen atoms in total. The van der Waals surface area contributed by atoms with Crippen molar-refractivity contribution in [1.29, 1.82) is 0 Å². The molecule has 188 valence electrons. The lowest BCUT2D eigenvalue weighted by Gasteiger charge is -2.18. The molecule has 1 aliphatic carbocycles. The highest BCUT2D eigenvalue weighted by molar-refractivity contribution is 7.93. The second kappa shape index (κ2) is 9.23. The van der Waals surface area contributed by atoms with Crippen LogP contribution in [-0.2, 0) is 25.5 Å². The van der Waals surface area contributed by atoms with E-state index in [1.54, 1.807) is 23.9 Å². The summed E-state index contributed by atoms with van der Waals surface area (Å²) in [5.74, 6) is -0.0382. The average Bonchev–Trinajstić information content (AvgIpc) is 3.44. The first kappa shape index (κ1) is 25.1. The fraction of sp³-hybridized carbons (Fsp3) is 0.435. The predicted octanol–water partition coefficient (Wildman–Crippen LogP) is 4.00. The van der Waals surface area contributed by atoms with Crippen molar-refractivity contribution in [2.75, 3.05) is 9.44 Å². The third kappa shape index (κ3) is 5.64. The fourth-order valence-electron chi connectivity index (χ4n) is 4.04. The van der Waals surface area contributed by atoms with Crippen LogP contribution >= 0.6 is 0 Å². The molecular weight excluding hydrogens is 488 g/mol. The molecule has 2 aromatic heterocycles. The summed E-state index contributed by atoms with van der Waals surface area (Å²) in [6.07, 6.45) is 7.25. The first-order chi connectivity index (χ1) is 16.3. The highest BCUT2D eigenvalue weighted by Crippen LogP contribution is 2.34. The Hall–Kier alpha value is -2.99. The lowest BCUT2D eigenvalue weighted by Crippen LogP contribution is -2.20. The van der Waals surface area contributed by atoms with Gasteiger partial charge in [-0.2, -0.15) is 5.10 Å². The summed E-state index contributed by atoms with van der Waals surface area (Å²) >= 11 is 0. The molecule has 1 saturated carbocycles. The first-order valence-electron chi connectivity index (χ1n) is 11.4. The molecule has 0 amide bonds. The normalized spacial score (nSPS) is 15.3. The van der Waals surface area contributed by atoms with Crippen LogP contribution in [0.4, 0.5) is 11.6 Å². The Morgan fingerprint density at radius 3 is 2.20 bits per heavy atom. The number of sulfonamides is 2. The van der Waals surface area contributed by atoms with Crippen molar-refractivity contribution in [2.24, 2.45) is 0 Å². The van der Waals surface area contributed by atoms with Crippen LogP contribution in [0.2, 0.25) is 0 Å². The quantitative estimate of drug-likeness (QED) is 0.482. The van der Waals surface area contributed by atoms with E-state index < -0.39 is 25.5 Å². The molecule has 0 saturated heterocycles. The molecule has 4 rings (SSSR count). The lowest BCUT2D eigenvalue weighted by molar-refractivity contribution is 0.448. The lowest BCUT2D eigenvalue weighted by atomic mass is 9.92. The smallest absolute Gasteiger partial charge is 0.265 e. The molecule has 0 unspecified atom stereocenters. The molecule has 1 fully saturated rings. The molecule has 0 spiro atoms. The highest BCUT2D eigenvalue weighted by atomic mass is 32.2. The van der Waals surface area contributed by atoms with Crippen molar-refractivity contribution < 1.29 is 16.8 Å². The summed E-state index contributed by atoms with van der Waals surface area (Å²) in [6, 6.07) is 7.31. The zero-order valence-corrected chi connectivity index (χ0v) is 21.8. The second-order valence-electron chi connectivity index (χ2n) is 9.77. The SMILES string of the molecule is Cc1ccnc(NS(=O)(=O)c2ccc(NS(=O)(=O)c3cn(C4CCCC4)nc3C(C)(C)C)cc2)n1. The van der Waals surface area contributed by atoms with E-state index >= 15 is 0 Å². The number of nitrogens with zero attached hydrogens (tertiary/aromatic N) is 4. The summed E-state index contributed by atoms with van der Waals surface area (Å²) in [6.45, 7) is 7.51. The van der Waals surface area contributed by atoms with Gasteiger partial charge in [-0.15, -0.1) is 0 Å². The van der Waals surface area contributed by atoms with Crippen molar-refractivity contribution in [3.63, 3.8) is 0 Å². The Labute approximate surface area is 206 Å². The number of anilines is 2. The van der Waals surface area contributed by atoms with Gasteiger partial charge < -0.3 is 0 Å². The summed E-state index contributed by atoms with van der Waals surface area (Å²) in [5, 5.41) is 4.66. The molecular formula is C23H30N6O4S2. The number of aryl methyl sites for hydroxylation is 1. The van der Waals surface area contributed by atoms with Crippen LogP contribution in [0.15, 0.2) is 52.5 Å². The van der Waals surface area contributed by atoms with Crippen LogP contribution in [0.5, 0.6) is 0 Å². The molecule has 3 aromatic rings. The Balaban J connectivity index is 1.57. The summed E-state index contributed by atoms with van der Waals surface area (Å²) in [5.41, 5.74) is 0.881.